The molecule has 0 atom stereocenters. The average Bonchev–Trinajstić information content (AvgIpc) is 2.44. The van der Waals surface area contributed by atoms with E-state index in [1.807, 2.05) is 0 Å². The predicted molar refractivity (Wildman–Crippen MR) is 87.6 cm³/mol. The van der Waals surface area contributed by atoms with Crippen LogP contribution >= 0.6 is 0 Å². The standard InChI is InChI=1S/C17H30N2O/c1-5-6-7-11-19(3)17-9-8-16(13-15(17)2)14-18-10-12-20-4/h8-9,13,18H,5-7,10-12,14H2,1-4H3. The molecule has 3 nitrogen and oxygen atoms in total. The lowest BCUT2D eigenvalue weighted by atomic mass is 10.1. The van der Waals surface area contributed by atoms with Crippen LogP contribution in [-0.4, -0.2) is 33.9 Å². The van der Waals surface area contributed by atoms with E-state index < -0.39 is 0 Å². The Kier molecular flexibility index (Phi) is 8.31. The van der Waals surface area contributed by atoms with Crippen LogP contribution in [0.25, 0.3) is 0 Å². The SMILES string of the molecule is CCCCCN(C)c1ccc(CNCCOC)cc1C. The molecule has 0 bridgehead atoms. The minimum Gasteiger partial charge on any atom is -0.383 e. The zero-order chi connectivity index (χ0) is 14.8. The molecular formula is C17H30N2O. The minimum absolute atomic E-state index is 0.761. The van der Waals surface area contributed by atoms with Crippen LogP contribution in [0.15, 0.2) is 18.2 Å². The van der Waals surface area contributed by atoms with Crippen molar-refractivity contribution in [2.45, 2.75) is 39.7 Å². The van der Waals surface area contributed by atoms with Gasteiger partial charge >= 0.3 is 0 Å². The van der Waals surface area contributed by atoms with Gasteiger partial charge < -0.3 is 15.0 Å². The van der Waals surface area contributed by atoms with Crippen LogP contribution in [0.1, 0.15) is 37.3 Å². The van der Waals surface area contributed by atoms with Crippen molar-refractivity contribution in [1.82, 2.24) is 5.32 Å². The Morgan fingerprint density at radius 1 is 1.25 bits per heavy atom. The summed E-state index contributed by atoms with van der Waals surface area (Å²) < 4.78 is 5.03. The van der Waals surface area contributed by atoms with Crippen LogP contribution in [-0.2, 0) is 11.3 Å². The van der Waals surface area contributed by atoms with E-state index in [4.69, 9.17) is 4.74 Å². The first-order valence-corrected chi connectivity index (χ1v) is 7.69. The molecule has 0 spiro atoms. The van der Waals surface area contributed by atoms with Gasteiger partial charge in [-0.3, -0.25) is 0 Å². The fourth-order valence-electron chi connectivity index (χ4n) is 2.38. The smallest absolute Gasteiger partial charge is 0.0587 e. The second kappa shape index (κ2) is 9.78. The Balaban J connectivity index is 2.49. The van der Waals surface area contributed by atoms with Crippen molar-refractivity contribution in [3.63, 3.8) is 0 Å². The van der Waals surface area contributed by atoms with E-state index in [0.717, 1.165) is 26.2 Å². The fourth-order valence-corrected chi connectivity index (χ4v) is 2.38. The number of benzene rings is 1. The van der Waals surface area contributed by atoms with Crippen LogP contribution in [0.4, 0.5) is 5.69 Å². The molecule has 0 saturated heterocycles. The largest absolute Gasteiger partial charge is 0.383 e. The lowest BCUT2D eigenvalue weighted by molar-refractivity contribution is 0.199. The maximum Gasteiger partial charge on any atom is 0.0587 e. The van der Waals surface area contributed by atoms with Crippen molar-refractivity contribution in [3.8, 4) is 0 Å². The van der Waals surface area contributed by atoms with E-state index in [1.165, 1.54) is 36.1 Å². The van der Waals surface area contributed by atoms with Gasteiger partial charge in [-0.2, -0.15) is 0 Å². The molecule has 1 aromatic rings. The molecule has 0 aromatic heterocycles. The van der Waals surface area contributed by atoms with Gasteiger partial charge in [0, 0.05) is 39.5 Å². The number of hydrogen-bond donors (Lipinski definition) is 1. The zero-order valence-electron chi connectivity index (χ0n) is 13.5. The molecule has 0 heterocycles. The molecule has 0 radical (unpaired) electrons. The van der Waals surface area contributed by atoms with Gasteiger partial charge in [-0.15, -0.1) is 0 Å². The van der Waals surface area contributed by atoms with E-state index in [-0.39, 0.29) is 0 Å². The molecule has 1 rings (SSSR count). The summed E-state index contributed by atoms with van der Waals surface area (Å²) in [5.74, 6) is 0. The van der Waals surface area contributed by atoms with Gasteiger partial charge in [0.2, 0.25) is 0 Å². The first-order valence-electron chi connectivity index (χ1n) is 7.69. The quantitative estimate of drug-likeness (QED) is 0.664. The normalized spacial score (nSPS) is 10.8. The molecule has 0 aliphatic heterocycles. The number of rotatable bonds is 10. The molecule has 20 heavy (non-hydrogen) atoms. The van der Waals surface area contributed by atoms with Gasteiger partial charge in [-0.25, -0.2) is 0 Å². The predicted octanol–water partition coefficient (Wildman–Crippen LogP) is 3.36. The van der Waals surface area contributed by atoms with Crippen molar-refractivity contribution >= 4 is 5.69 Å². The second-order valence-electron chi connectivity index (χ2n) is 5.42. The molecule has 0 amide bonds. The summed E-state index contributed by atoms with van der Waals surface area (Å²) in [7, 11) is 3.92. The van der Waals surface area contributed by atoms with Gasteiger partial charge in [0.15, 0.2) is 0 Å². The molecule has 0 saturated carbocycles. The number of anilines is 1. The molecular weight excluding hydrogens is 248 g/mol. The van der Waals surface area contributed by atoms with Gasteiger partial charge in [-0.1, -0.05) is 31.9 Å². The van der Waals surface area contributed by atoms with Crippen LogP contribution < -0.4 is 10.2 Å². The van der Waals surface area contributed by atoms with E-state index >= 15 is 0 Å². The monoisotopic (exact) mass is 278 g/mol. The Morgan fingerprint density at radius 2 is 2.05 bits per heavy atom. The number of hydrogen-bond acceptors (Lipinski definition) is 3. The third-order valence-corrected chi connectivity index (χ3v) is 3.58. The van der Waals surface area contributed by atoms with E-state index in [9.17, 15) is 0 Å². The molecule has 0 aliphatic carbocycles. The van der Waals surface area contributed by atoms with Crippen molar-refractivity contribution < 1.29 is 4.74 Å². The highest BCUT2D eigenvalue weighted by Crippen LogP contribution is 2.20. The summed E-state index contributed by atoms with van der Waals surface area (Å²) in [5.41, 5.74) is 4.04. The van der Waals surface area contributed by atoms with E-state index in [2.05, 4.69) is 49.3 Å². The Bertz CT molecular complexity index is 379. The number of nitrogens with one attached hydrogen (secondary N) is 1. The lowest BCUT2D eigenvalue weighted by Gasteiger charge is -2.22. The molecule has 1 aromatic carbocycles. The maximum atomic E-state index is 5.03. The topological polar surface area (TPSA) is 24.5 Å². The van der Waals surface area contributed by atoms with E-state index in [0.29, 0.717) is 0 Å². The molecule has 0 unspecified atom stereocenters. The first-order chi connectivity index (χ1) is 9.69. The molecule has 0 fully saturated rings. The van der Waals surface area contributed by atoms with Crippen LogP contribution in [0.3, 0.4) is 0 Å². The summed E-state index contributed by atoms with van der Waals surface area (Å²) in [4.78, 5) is 2.37. The number of aryl methyl sites for hydroxylation is 1. The van der Waals surface area contributed by atoms with Crippen LogP contribution in [0.5, 0.6) is 0 Å². The third kappa shape index (κ3) is 5.93. The van der Waals surface area contributed by atoms with Gasteiger partial charge in [0.1, 0.15) is 0 Å². The molecule has 0 aliphatic rings. The maximum absolute atomic E-state index is 5.03. The van der Waals surface area contributed by atoms with Gasteiger partial charge in [0.25, 0.3) is 0 Å². The lowest BCUT2D eigenvalue weighted by Crippen LogP contribution is -2.20. The van der Waals surface area contributed by atoms with Crippen LogP contribution in [0, 0.1) is 6.92 Å². The summed E-state index contributed by atoms with van der Waals surface area (Å²) in [6.07, 6.45) is 3.86. The second-order valence-corrected chi connectivity index (χ2v) is 5.42. The highest BCUT2D eigenvalue weighted by molar-refractivity contribution is 5.53. The highest BCUT2D eigenvalue weighted by Gasteiger charge is 2.05. The number of methoxy groups -OCH3 is 1. The number of unbranched alkanes of at least 4 members (excludes halogenated alkanes) is 2. The molecule has 1 N–H and O–H groups in total. The van der Waals surface area contributed by atoms with Crippen molar-refractivity contribution in [3.05, 3.63) is 29.3 Å². The molecule has 114 valence electrons. The number of nitrogens with zero attached hydrogens (tertiary/aromatic N) is 1. The summed E-state index contributed by atoms with van der Waals surface area (Å²) in [6.45, 7) is 8.15. The number of ether oxygens (including phenoxy) is 1. The Hall–Kier alpha value is -1.06. The van der Waals surface area contributed by atoms with Gasteiger partial charge in [0.05, 0.1) is 6.61 Å². The van der Waals surface area contributed by atoms with Crippen LogP contribution in [0.2, 0.25) is 0 Å². The van der Waals surface area contributed by atoms with E-state index in [1.54, 1.807) is 7.11 Å². The summed E-state index contributed by atoms with van der Waals surface area (Å²) in [6, 6.07) is 6.75. The highest BCUT2D eigenvalue weighted by atomic mass is 16.5. The van der Waals surface area contributed by atoms with Gasteiger partial charge in [-0.05, 0) is 30.5 Å². The third-order valence-electron chi connectivity index (χ3n) is 3.58. The minimum atomic E-state index is 0.761. The zero-order valence-corrected chi connectivity index (χ0v) is 13.5. The first kappa shape index (κ1) is 17.0. The van der Waals surface area contributed by atoms with Crippen molar-refractivity contribution in [1.29, 1.82) is 0 Å². The van der Waals surface area contributed by atoms with Crippen molar-refractivity contribution in [2.24, 2.45) is 0 Å². The molecule has 3 heteroatoms. The fraction of sp³-hybridized carbons (Fsp3) is 0.647. The summed E-state index contributed by atoms with van der Waals surface area (Å²) in [5, 5.41) is 3.38. The summed E-state index contributed by atoms with van der Waals surface area (Å²) >= 11 is 0. The Morgan fingerprint density at radius 3 is 2.70 bits per heavy atom. The average molecular weight is 278 g/mol. The Labute approximate surface area is 124 Å². The van der Waals surface area contributed by atoms with Crippen molar-refractivity contribution in [2.75, 3.05) is 38.8 Å².